The van der Waals surface area contributed by atoms with Gasteiger partial charge in [0.1, 0.15) is 11.5 Å². The Morgan fingerprint density at radius 1 is 1.12 bits per heavy atom. The summed E-state index contributed by atoms with van der Waals surface area (Å²) in [5.41, 5.74) is 1.65. The van der Waals surface area contributed by atoms with Crippen LogP contribution in [0.1, 0.15) is 30.0 Å². The second-order valence-electron chi connectivity index (χ2n) is 6.04. The van der Waals surface area contributed by atoms with Gasteiger partial charge >= 0.3 is 6.18 Å². The first-order valence-corrected chi connectivity index (χ1v) is 8.09. The molecule has 4 nitrogen and oxygen atoms in total. The monoisotopic (exact) mass is 382 g/mol. The maximum atomic E-state index is 12.8. The normalized spacial score (nSPS) is 16.9. The minimum atomic E-state index is -4.18. The second kappa shape index (κ2) is 9.50. The quantitative estimate of drug-likeness (QED) is 0.813. The molecule has 144 valence electrons. The molecule has 1 aliphatic heterocycles. The van der Waals surface area contributed by atoms with Crippen LogP contribution < -0.4 is 14.8 Å². The molecule has 0 aromatic heterocycles. The van der Waals surface area contributed by atoms with Gasteiger partial charge in [-0.25, -0.2) is 0 Å². The molecule has 1 aromatic rings. The third-order valence-electron chi connectivity index (χ3n) is 4.32. The molecule has 1 saturated heterocycles. The first-order chi connectivity index (χ1) is 11.4. The number of benzene rings is 1. The molecule has 0 saturated carbocycles. The number of hydrogen-bond donors (Lipinski definition) is 1. The number of rotatable bonds is 6. The number of methoxy groups -OCH3 is 2. The lowest BCUT2D eigenvalue weighted by Crippen LogP contribution is -2.45. The zero-order valence-corrected chi connectivity index (χ0v) is 15.6. The van der Waals surface area contributed by atoms with Gasteiger partial charge in [0, 0.05) is 38.6 Å². The molecule has 0 bridgehead atoms. The molecule has 1 aliphatic rings. The Bertz CT molecular complexity index is 524. The standard InChI is InChI=1S/C17H25F3N2O2.ClH/c1-12-10-14(23-2)16(15(11-12)24-3)13(4-5-17(18,19)20)22-8-6-21-7-9-22;/h10-11,13,21H,4-9H2,1-3H3;1H/t13-;/m0./s1. The number of alkyl halides is 3. The zero-order valence-electron chi connectivity index (χ0n) is 14.8. The highest BCUT2D eigenvalue weighted by Gasteiger charge is 2.34. The molecule has 0 amide bonds. The van der Waals surface area contributed by atoms with Crippen molar-refractivity contribution in [3.05, 3.63) is 23.3 Å². The number of ether oxygens (including phenoxy) is 2. The summed E-state index contributed by atoms with van der Waals surface area (Å²) in [6, 6.07) is 3.31. The molecule has 1 atom stereocenters. The van der Waals surface area contributed by atoms with E-state index in [2.05, 4.69) is 10.2 Å². The molecule has 0 radical (unpaired) electrons. The summed E-state index contributed by atoms with van der Waals surface area (Å²) >= 11 is 0. The summed E-state index contributed by atoms with van der Waals surface area (Å²) < 4.78 is 49.4. The van der Waals surface area contributed by atoms with Crippen molar-refractivity contribution in [3.8, 4) is 11.5 Å². The molecule has 25 heavy (non-hydrogen) atoms. The van der Waals surface area contributed by atoms with E-state index in [4.69, 9.17) is 9.47 Å². The number of halogens is 4. The molecular formula is C17H26ClF3N2O2. The summed E-state index contributed by atoms with van der Waals surface area (Å²) in [6.45, 7) is 4.83. The van der Waals surface area contributed by atoms with Crippen molar-refractivity contribution in [3.63, 3.8) is 0 Å². The van der Waals surface area contributed by atoms with Crippen molar-refractivity contribution in [2.75, 3.05) is 40.4 Å². The maximum absolute atomic E-state index is 12.8. The van der Waals surface area contributed by atoms with E-state index in [9.17, 15) is 13.2 Å². The number of nitrogens with one attached hydrogen (secondary N) is 1. The SMILES string of the molecule is COc1cc(C)cc(OC)c1[C@H](CCC(F)(F)F)N1CCNCC1.Cl. The van der Waals surface area contributed by atoms with Crippen LogP contribution in [0.2, 0.25) is 0 Å². The highest BCUT2D eigenvalue weighted by atomic mass is 35.5. The van der Waals surface area contributed by atoms with Crippen molar-refractivity contribution < 1.29 is 22.6 Å². The van der Waals surface area contributed by atoms with Gasteiger partial charge in [-0.3, -0.25) is 4.90 Å². The van der Waals surface area contributed by atoms with Gasteiger partial charge in [0.05, 0.1) is 19.8 Å². The Kier molecular flexibility index (Phi) is 8.31. The molecule has 1 N–H and O–H groups in total. The molecule has 2 rings (SSSR count). The van der Waals surface area contributed by atoms with Crippen molar-refractivity contribution in [2.24, 2.45) is 0 Å². The fraction of sp³-hybridized carbons (Fsp3) is 0.647. The molecule has 0 aliphatic carbocycles. The summed E-state index contributed by atoms with van der Waals surface area (Å²) in [5.74, 6) is 1.16. The Balaban J connectivity index is 0.00000312. The van der Waals surface area contributed by atoms with Crippen LogP contribution in [0.15, 0.2) is 12.1 Å². The fourth-order valence-corrected chi connectivity index (χ4v) is 3.20. The zero-order chi connectivity index (χ0) is 17.7. The Morgan fingerprint density at radius 2 is 1.64 bits per heavy atom. The van der Waals surface area contributed by atoms with Gasteiger partial charge in [0.15, 0.2) is 0 Å². The van der Waals surface area contributed by atoms with Crippen LogP contribution in [0, 0.1) is 6.92 Å². The lowest BCUT2D eigenvalue weighted by molar-refractivity contribution is -0.138. The average Bonchev–Trinajstić information content (AvgIpc) is 2.55. The van der Waals surface area contributed by atoms with Gasteiger partial charge in [-0.1, -0.05) is 0 Å². The molecule has 0 unspecified atom stereocenters. The van der Waals surface area contributed by atoms with Gasteiger partial charge in [0.2, 0.25) is 0 Å². The van der Waals surface area contributed by atoms with Crippen LogP contribution in [0.25, 0.3) is 0 Å². The number of aryl methyl sites for hydroxylation is 1. The first kappa shape index (κ1) is 21.9. The topological polar surface area (TPSA) is 33.7 Å². The van der Waals surface area contributed by atoms with Gasteiger partial charge < -0.3 is 14.8 Å². The Labute approximate surface area is 153 Å². The van der Waals surface area contributed by atoms with E-state index in [1.165, 1.54) is 14.2 Å². The lowest BCUT2D eigenvalue weighted by Gasteiger charge is -2.36. The smallest absolute Gasteiger partial charge is 0.389 e. The molecule has 1 fully saturated rings. The molecule has 1 heterocycles. The van der Waals surface area contributed by atoms with Crippen LogP contribution >= 0.6 is 12.4 Å². The van der Waals surface area contributed by atoms with E-state index in [1.54, 1.807) is 0 Å². The summed E-state index contributed by atoms with van der Waals surface area (Å²) in [7, 11) is 3.08. The predicted octanol–water partition coefficient (Wildman–Crippen LogP) is 3.72. The number of nitrogens with zero attached hydrogens (tertiary/aromatic N) is 1. The van der Waals surface area contributed by atoms with E-state index in [0.717, 1.165) is 18.7 Å². The molecular weight excluding hydrogens is 357 g/mol. The minimum Gasteiger partial charge on any atom is -0.496 e. The van der Waals surface area contributed by atoms with Gasteiger partial charge in [-0.2, -0.15) is 13.2 Å². The van der Waals surface area contributed by atoms with Gasteiger partial charge in [-0.05, 0) is 31.0 Å². The fourth-order valence-electron chi connectivity index (χ4n) is 3.20. The molecule has 1 aromatic carbocycles. The van der Waals surface area contributed by atoms with E-state index in [-0.39, 0.29) is 24.9 Å². The molecule has 0 spiro atoms. The van der Waals surface area contributed by atoms with Crippen molar-refractivity contribution >= 4 is 12.4 Å². The summed E-state index contributed by atoms with van der Waals surface area (Å²) in [6.07, 6.45) is -5.03. The van der Waals surface area contributed by atoms with Crippen LogP contribution in [-0.4, -0.2) is 51.5 Å². The van der Waals surface area contributed by atoms with Crippen LogP contribution in [-0.2, 0) is 0 Å². The maximum Gasteiger partial charge on any atom is 0.389 e. The summed E-state index contributed by atoms with van der Waals surface area (Å²) in [5, 5.41) is 3.23. The van der Waals surface area contributed by atoms with Gasteiger partial charge in [-0.15, -0.1) is 12.4 Å². The lowest BCUT2D eigenvalue weighted by atomic mass is 9.96. The summed E-state index contributed by atoms with van der Waals surface area (Å²) in [4.78, 5) is 2.08. The molecule has 8 heteroatoms. The van der Waals surface area contributed by atoms with Crippen molar-refractivity contribution in [1.82, 2.24) is 10.2 Å². The number of hydrogen-bond acceptors (Lipinski definition) is 4. The van der Waals surface area contributed by atoms with Crippen molar-refractivity contribution in [2.45, 2.75) is 32.0 Å². The van der Waals surface area contributed by atoms with Crippen LogP contribution in [0.5, 0.6) is 11.5 Å². The highest BCUT2D eigenvalue weighted by Crippen LogP contribution is 2.42. The van der Waals surface area contributed by atoms with E-state index >= 15 is 0 Å². The largest absolute Gasteiger partial charge is 0.496 e. The Hall–Kier alpha value is -1.18. The van der Waals surface area contributed by atoms with E-state index < -0.39 is 12.6 Å². The van der Waals surface area contributed by atoms with Crippen LogP contribution in [0.3, 0.4) is 0 Å². The average molecular weight is 383 g/mol. The third kappa shape index (κ3) is 5.94. The highest BCUT2D eigenvalue weighted by molar-refractivity contribution is 5.85. The first-order valence-electron chi connectivity index (χ1n) is 8.09. The predicted molar refractivity (Wildman–Crippen MR) is 94.0 cm³/mol. The van der Waals surface area contributed by atoms with Crippen molar-refractivity contribution in [1.29, 1.82) is 0 Å². The van der Waals surface area contributed by atoms with E-state index in [0.29, 0.717) is 30.2 Å². The van der Waals surface area contributed by atoms with Gasteiger partial charge in [0.25, 0.3) is 0 Å². The number of piperazine rings is 1. The Morgan fingerprint density at radius 3 is 2.08 bits per heavy atom. The van der Waals surface area contributed by atoms with E-state index in [1.807, 2.05) is 19.1 Å². The third-order valence-corrected chi connectivity index (χ3v) is 4.32. The second-order valence-corrected chi connectivity index (χ2v) is 6.04. The minimum absolute atomic E-state index is 0. The van der Waals surface area contributed by atoms with Crippen LogP contribution in [0.4, 0.5) is 13.2 Å².